The standard InChI is InChI=1S/C18H21ClFN/c1-3-13-5-7-14(8-6-13)18(21-4-2)11-15-9-10-16(20)12-17(15)19/h5-10,12,18,21H,3-4,11H2,1-2H3. The van der Waals surface area contributed by atoms with Gasteiger partial charge in [0.1, 0.15) is 5.82 Å². The first-order valence-electron chi connectivity index (χ1n) is 7.40. The zero-order chi connectivity index (χ0) is 15.2. The molecule has 0 fully saturated rings. The Hall–Kier alpha value is -1.38. The average Bonchev–Trinajstić information content (AvgIpc) is 2.49. The smallest absolute Gasteiger partial charge is 0.124 e. The van der Waals surface area contributed by atoms with Gasteiger partial charge < -0.3 is 5.32 Å². The Morgan fingerprint density at radius 1 is 1.10 bits per heavy atom. The van der Waals surface area contributed by atoms with E-state index in [1.165, 1.54) is 23.3 Å². The molecule has 2 aromatic carbocycles. The van der Waals surface area contributed by atoms with Gasteiger partial charge >= 0.3 is 0 Å². The van der Waals surface area contributed by atoms with Crippen molar-refractivity contribution in [2.24, 2.45) is 0 Å². The van der Waals surface area contributed by atoms with Crippen molar-refractivity contribution in [3.8, 4) is 0 Å². The Bertz CT molecular complexity index is 580. The molecule has 1 nitrogen and oxygen atoms in total. The van der Waals surface area contributed by atoms with Gasteiger partial charge in [0, 0.05) is 11.1 Å². The van der Waals surface area contributed by atoms with Crippen LogP contribution in [0.15, 0.2) is 42.5 Å². The zero-order valence-electron chi connectivity index (χ0n) is 12.5. The van der Waals surface area contributed by atoms with Crippen LogP contribution in [0.3, 0.4) is 0 Å². The van der Waals surface area contributed by atoms with Gasteiger partial charge in [0.25, 0.3) is 0 Å². The molecule has 0 bridgehead atoms. The summed E-state index contributed by atoms with van der Waals surface area (Å²) in [7, 11) is 0. The van der Waals surface area contributed by atoms with Gasteiger partial charge in [-0.15, -0.1) is 0 Å². The Morgan fingerprint density at radius 3 is 2.38 bits per heavy atom. The fourth-order valence-corrected chi connectivity index (χ4v) is 2.69. The van der Waals surface area contributed by atoms with E-state index in [1.807, 2.05) is 0 Å². The molecule has 0 aliphatic heterocycles. The fourth-order valence-electron chi connectivity index (χ4n) is 2.45. The van der Waals surface area contributed by atoms with Gasteiger partial charge in [0.15, 0.2) is 0 Å². The van der Waals surface area contributed by atoms with Gasteiger partial charge in [0.2, 0.25) is 0 Å². The summed E-state index contributed by atoms with van der Waals surface area (Å²) in [6.45, 7) is 5.10. The maximum Gasteiger partial charge on any atom is 0.124 e. The fraction of sp³-hybridized carbons (Fsp3) is 0.333. The maximum atomic E-state index is 13.1. The highest BCUT2D eigenvalue weighted by Crippen LogP contribution is 2.24. The Morgan fingerprint density at radius 2 is 1.81 bits per heavy atom. The monoisotopic (exact) mass is 305 g/mol. The van der Waals surface area contributed by atoms with Crippen molar-refractivity contribution in [2.75, 3.05) is 6.54 Å². The molecule has 1 atom stereocenters. The molecule has 0 aliphatic rings. The van der Waals surface area contributed by atoms with Crippen LogP contribution < -0.4 is 5.32 Å². The van der Waals surface area contributed by atoms with Crippen molar-refractivity contribution >= 4 is 11.6 Å². The molecule has 2 aromatic rings. The highest BCUT2D eigenvalue weighted by Gasteiger charge is 2.13. The second-order valence-electron chi connectivity index (χ2n) is 5.15. The van der Waals surface area contributed by atoms with Crippen LogP contribution in [0.1, 0.15) is 36.6 Å². The van der Waals surface area contributed by atoms with E-state index in [4.69, 9.17) is 11.6 Å². The first-order valence-corrected chi connectivity index (χ1v) is 7.78. The third-order valence-electron chi connectivity index (χ3n) is 3.68. The van der Waals surface area contributed by atoms with E-state index in [9.17, 15) is 4.39 Å². The van der Waals surface area contributed by atoms with Gasteiger partial charge in [-0.3, -0.25) is 0 Å². The molecule has 0 amide bonds. The highest BCUT2D eigenvalue weighted by atomic mass is 35.5. The number of nitrogens with one attached hydrogen (secondary N) is 1. The summed E-state index contributed by atoms with van der Waals surface area (Å²) in [5.74, 6) is -0.295. The van der Waals surface area contributed by atoms with Gasteiger partial charge in [0.05, 0.1) is 0 Å². The summed E-state index contributed by atoms with van der Waals surface area (Å²) in [5, 5.41) is 3.96. The lowest BCUT2D eigenvalue weighted by atomic mass is 9.97. The number of benzene rings is 2. The molecule has 1 unspecified atom stereocenters. The minimum atomic E-state index is -0.295. The summed E-state index contributed by atoms with van der Waals surface area (Å²) in [6.07, 6.45) is 1.79. The zero-order valence-corrected chi connectivity index (χ0v) is 13.3. The van der Waals surface area contributed by atoms with E-state index in [2.05, 4.69) is 43.4 Å². The molecular formula is C18H21ClFN. The molecule has 0 aliphatic carbocycles. The van der Waals surface area contributed by atoms with Crippen molar-refractivity contribution in [3.05, 3.63) is 70.0 Å². The molecule has 0 heterocycles. The lowest BCUT2D eigenvalue weighted by Crippen LogP contribution is -2.23. The summed E-state index contributed by atoms with van der Waals surface area (Å²) in [4.78, 5) is 0. The van der Waals surface area contributed by atoms with Crippen LogP contribution in [0, 0.1) is 5.82 Å². The van der Waals surface area contributed by atoms with E-state index in [1.54, 1.807) is 6.07 Å². The summed E-state index contributed by atoms with van der Waals surface area (Å²) in [6, 6.07) is 13.4. The molecule has 21 heavy (non-hydrogen) atoms. The molecule has 1 N–H and O–H groups in total. The Balaban J connectivity index is 2.21. The van der Waals surface area contributed by atoms with Crippen LogP contribution in [0.5, 0.6) is 0 Å². The predicted molar refractivity (Wildman–Crippen MR) is 87.4 cm³/mol. The second kappa shape index (κ2) is 7.58. The van der Waals surface area contributed by atoms with Crippen LogP contribution in [-0.2, 0) is 12.8 Å². The molecular weight excluding hydrogens is 285 g/mol. The number of hydrogen-bond acceptors (Lipinski definition) is 1. The average molecular weight is 306 g/mol. The molecule has 0 aromatic heterocycles. The number of hydrogen-bond donors (Lipinski definition) is 1. The highest BCUT2D eigenvalue weighted by molar-refractivity contribution is 6.31. The molecule has 0 radical (unpaired) electrons. The number of rotatable bonds is 6. The first-order chi connectivity index (χ1) is 10.1. The number of halogens is 2. The SMILES string of the molecule is CCNC(Cc1ccc(F)cc1Cl)c1ccc(CC)cc1. The van der Waals surface area contributed by atoms with Crippen molar-refractivity contribution in [1.82, 2.24) is 5.32 Å². The third kappa shape index (κ3) is 4.29. The topological polar surface area (TPSA) is 12.0 Å². The summed E-state index contributed by atoms with van der Waals surface area (Å²) >= 11 is 6.14. The van der Waals surface area contributed by atoms with E-state index >= 15 is 0 Å². The van der Waals surface area contributed by atoms with Gasteiger partial charge in [-0.2, -0.15) is 0 Å². The van der Waals surface area contributed by atoms with E-state index in [0.29, 0.717) is 5.02 Å². The number of likely N-dealkylation sites (N-methyl/N-ethyl adjacent to an activating group) is 1. The van der Waals surface area contributed by atoms with Gasteiger partial charge in [-0.25, -0.2) is 4.39 Å². The van der Waals surface area contributed by atoms with Crippen molar-refractivity contribution < 1.29 is 4.39 Å². The lowest BCUT2D eigenvalue weighted by molar-refractivity contribution is 0.548. The largest absolute Gasteiger partial charge is 0.310 e. The quantitative estimate of drug-likeness (QED) is 0.797. The van der Waals surface area contributed by atoms with E-state index < -0.39 is 0 Å². The summed E-state index contributed by atoms with van der Waals surface area (Å²) < 4.78 is 13.1. The van der Waals surface area contributed by atoms with Gasteiger partial charge in [-0.05, 0) is 48.2 Å². The molecule has 0 spiro atoms. The van der Waals surface area contributed by atoms with Crippen molar-refractivity contribution in [2.45, 2.75) is 32.7 Å². The van der Waals surface area contributed by atoms with Crippen molar-refractivity contribution in [1.29, 1.82) is 0 Å². The molecule has 3 heteroatoms. The first kappa shape index (κ1) is 16.0. The second-order valence-corrected chi connectivity index (χ2v) is 5.55. The molecule has 2 rings (SSSR count). The van der Waals surface area contributed by atoms with Crippen LogP contribution >= 0.6 is 11.6 Å². The van der Waals surface area contributed by atoms with E-state index in [0.717, 1.165) is 24.9 Å². The normalized spacial score (nSPS) is 12.4. The van der Waals surface area contributed by atoms with Crippen LogP contribution in [0.25, 0.3) is 0 Å². The Labute approximate surface area is 131 Å². The summed E-state index contributed by atoms with van der Waals surface area (Å²) in [5.41, 5.74) is 3.52. The molecule has 0 saturated heterocycles. The van der Waals surface area contributed by atoms with Crippen LogP contribution in [0.4, 0.5) is 4.39 Å². The maximum absolute atomic E-state index is 13.1. The lowest BCUT2D eigenvalue weighted by Gasteiger charge is -2.19. The Kier molecular flexibility index (Phi) is 5.77. The third-order valence-corrected chi connectivity index (χ3v) is 4.03. The van der Waals surface area contributed by atoms with Gasteiger partial charge in [-0.1, -0.05) is 55.8 Å². The molecule has 0 saturated carbocycles. The minimum Gasteiger partial charge on any atom is -0.310 e. The van der Waals surface area contributed by atoms with Crippen LogP contribution in [0.2, 0.25) is 5.02 Å². The van der Waals surface area contributed by atoms with E-state index in [-0.39, 0.29) is 11.9 Å². The molecule has 112 valence electrons. The minimum absolute atomic E-state index is 0.184. The predicted octanol–water partition coefficient (Wildman–Crippen LogP) is 4.93. The number of aryl methyl sites for hydroxylation is 1. The van der Waals surface area contributed by atoms with Crippen LogP contribution in [-0.4, -0.2) is 6.54 Å². The van der Waals surface area contributed by atoms with Crippen molar-refractivity contribution in [3.63, 3.8) is 0 Å².